The van der Waals surface area contributed by atoms with E-state index in [1.807, 2.05) is 55.5 Å². The van der Waals surface area contributed by atoms with Gasteiger partial charge in [-0.15, -0.1) is 0 Å². The third kappa shape index (κ3) is 2.53. The SMILES string of the molecule is Cc1ccc2c(c1)C(=O)/C(=C\c1ccc(Br)cc1)S2. The quantitative estimate of drug-likeness (QED) is 0.677. The van der Waals surface area contributed by atoms with Crippen molar-refractivity contribution in [3.8, 4) is 0 Å². The van der Waals surface area contributed by atoms with E-state index in [9.17, 15) is 4.79 Å². The van der Waals surface area contributed by atoms with Crippen LogP contribution < -0.4 is 0 Å². The molecule has 0 saturated carbocycles. The van der Waals surface area contributed by atoms with Crippen molar-refractivity contribution in [3.05, 3.63) is 68.5 Å². The third-order valence-electron chi connectivity index (χ3n) is 2.99. The maximum absolute atomic E-state index is 12.3. The van der Waals surface area contributed by atoms with Crippen LogP contribution in [-0.4, -0.2) is 5.78 Å². The van der Waals surface area contributed by atoms with Crippen molar-refractivity contribution in [2.24, 2.45) is 0 Å². The van der Waals surface area contributed by atoms with Crippen molar-refractivity contribution in [1.29, 1.82) is 0 Å². The number of carbonyl (C=O) groups excluding carboxylic acids is 1. The number of rotatable bonds is 1. The molecule has 0 spiro atoms. The van der Waals surface area contributed by atoms with Crippen LogP contribution in [0.1, 0.15) is 21.5 Å². The lowest BCUT2D eigenvalue weighted by Crippen LogP contribution is -1.94. The number of carbonyl (C=O) groups is 1. The van der Waals surface area contributed by atoms with Crippen molar-refractivity contribution >= 4 is 39.6 Å². The lowest BCUT2D eigenvalue weighted by atomic mass is 10.1. The van der Waals surface area contributed by atoms with E-state index in [1.165, 1.54) is 0 Å². The number of Topliss-reactive ketones (excluding diaryl/α,β-unsaturated/α-hetero) is 1. The van der Waals surface area contributed by atoms with Gasteiger partial charge in [0.25, 0.3) is 0 Å². The zero-order valence-electron chi connectivity index (χ0n) is 10.3. The van der Waals surface area contributed by atoms with Crippen LogP contribution >= 0.6 is 27.7 Å². The Kier molecular flexibility index (Phi) is 3.33. The first kappa shape index (κ1) is 12.7. The molecule has 2 aromatic rings. The Hall–Kier alpha value is -1.32. The van der Waals surface area contributed by atoms with Gasteiger partial charge < -0.3 is 0 Å². The summed E-state index contributed by atoms with van der Waals surface area (Å²) >= 11 is 4.96. The fourth-order valence-electron chi connectivity index (χ4n) is 2.01. The van der Waals surface area contributed by atoms with Crippen molar-refractivity contribution < 1.29 is 4.79 Å². The predicted molar refractivity (Wildman–Crippen MR) is 83.5 cm³/mol. The Labute approximate surface area is 124 Å². The fraction of sp³-hybridized carbons (Fsp3) is 0.0625. The Morgan fingerprint density at radius 3 is 2.58 bits per heavy atom. The molecule has 1 aliphatic rings. The summed E-state index contributed by atoms with van der Waals surface area (Å²) in [5.74, 6) is 0.131. The van der Waals surface area contributed by atoms with E-state index in [1.54, 1.807) is 11.8 Å². The molecule has 3 heteroatoms. The predicted octanol–water partition coefficient (Wildman–Crippen LogP) is 5.09. The molecule has 0 bridgehead atoms. The number of halogens is 1. The highest BCUT2D eigenvalue weighted by molar-refractivity contribution is 9.10. The minimum atomic E-state index is 0.131. The highest BCUT2D eigenvalue weighted by Gasteiger charge is 2.25. The topological polar surface area (TPSA) is 17.1 Å². The average Bonchev–Trinajstić information content (AvgIpc) is 2.70. The van der Waals surface area contributed by atoms with Gasteiger partial charge in [0.1, 0.15) is 0 Å². The maximum atomic E-state index is 12.3. The molecule has 3 rings (SSSR count). The van der Waals surface area contributed by atoms with Crippen molar-refractivity contribution in [3.63, 3.8) is 0 Å². The molecule has 0 aliphatic carbocycles. The van der Waals surface area contributed by atoms with E-state index in [-0.39, 0.29) is 5.78 Å². The van der Waals surface area contributed by atoms with Crippen LogP contribution in [0.4, 0.5) is 0 Å². The minimum Gasteiger partial charge on any atom is -0.288 e. The number of benzene rings is 2. The van der Waals surface area contributed by atoms with Gasteiger partial charge >= 0.3 is 0 Å². The molecule has 0 radical (unpaired) electrons. The molecule has 1 heterocycles. The van der Waals surface area contributed by atoms with Gasteiger partial charge in [0.2, 0.25) is 5.78 Å². The summed E-state index contributed by atoms with van der Waals surface area (Å²) in [6, 6.07) is 14.0. The van der Waals surface area contributed by atoms with Crippen LogP contribution in [0.2, 0.25) is 0 Å². The highest BCUT2D eigenvalue weighted by atomic mass is 79.9. The van der Waals surface area contributed by atoms with Gasteiger partial charge in [-0.05, 0) is 42.8 Å². The average molecular weight is 331 g/mol. The lowest BCUT2D eigenvalue weighted by molar-refractivity contribution is 0.104. The van der Waals surface area contributed by atoms with E-state index < -0.39 is 0 Å². The number of thioether (sulfide) groups is 1. The number of allylic oxidation sites excluding steroid dienone is 1. The Bertz CT molecular complexity index is 686. The molecule has 19 heavy (non-hydrogen) atoms. The van der Waals surface area contributed by atoms with Gasteiger partial charge in [-0.25, -0.2) is 0 Å². The van der Waals surface area contributed by atoms with E-state index in [2.05, 4.69) is 15.9 Å². The summed E-state index contributed by atoms with van der Waals surface area (Å²) in [5, 5.41) is 0. The number of fused-ring (bicyclic) bond motifs is 1. The van der Waals surface area contributed by atoms with E-state index in [0.717, 1.165) is 31.0 Å². The number of aryl methyl sites for hydroxylation is 1. The Balaban J connectivity index is 1.97. The molecule has 0 fully saturated rings. The second-order valence-corrected chi connectivity index (χ2v) is 6.49. The Morgan fingerprint density at radius 2 is 1.84 bits per heavy atom. The van der Waals surface area contributed by atoms with Gasteiger partial charge in [-0.3, -0.25) is 4.79 Å². The van der Waals surface area contributed by atoms with Gasteiger partial charge in [0.05, 0.1) is 4.91 Å². The normalized spacial score (nSPS) is 15.9. The van der Waals surface area contributed by atoms with E-state index >= 15 is 0 Å². The zero-order chi connectivity index (χ0) is 13.4. The molecular formula is C16H11BrOS. The van der Waals surface area contributed by atoms with Crippen molar-refractivity contribution in [1.82, 2.24) is 0 Å². The van der Waals surface area contributed by atoms with Gasteiger partial charge in [-0.1, -0.05) is 51.5 Å². The molecule has 0 atom stereocenters. The standard InChI is InChI=1S/C16H11BrOS/c1-10-2-7-14-13(8-10)16(18)15(19-14)9-11-3-5-12(17)6-4-11/h2-9H,1H3/b15-9+. The molecule has 0 unspecified atom stereocenters. The number of hydrogen-bond acceptors (Lipinski definition) is 2. The monoisotopic (exact) mass is 330 g/mol. The van der Waals surface area contributed by atoms with Crippen LogP contribution in [-0.2, 0) is 0 Å². The van der Waals surface area contributed by atoms with Gasteiger partial charge in [-0.2, -0.15) is 0 Å². The molecule has 1 aliphatic heterocycles. The Morgan fingerprint density at radius 1 is 1.11 bits per heavy atom. The van der Waals surface area contributed by atoms with Gasteiger partial charge in [0.15, 0.2) is 0 Å². The first-order valence-electron chi connectivity index (χ1n) is 5.94. The van der Waals surface area contributed by atoms with Crippen LogP contribution in [0.3, 0.4) is 0 Å². The van der Waals surface area contributed by atoms with Crippen molar-refractivity contribution in [2.75, 3.05) is 0 Å². The van der Waals surface area contributed by atoms with Crippen LogP contribution in [0.5, 0.6) is 0 Å². The molecule has 0 saturated heterocycles. The first-order chi connectivity index (χ1) is 9.13. The number of hydrogen-bond donors (Lipinski definition) is 0. The summed E-state index contributed by atoms with van der Waals surface area (Å²) < 4.78 is 1.04. The smallest absolute Gasteiger partial charge is 0.200 e. The fourth-order valence-corrected chi connectivity index (χ4v) is 3.31. The summed E-state index contributed by atoms with van der Waals surface area (Å²) in [7, 11) is 0. The summed E-state index contributed by atoms with van der Waals surface area (Å²) in [4.78, 5) is 14.2. The molecule has 0 aromatic heterocycles. The summed E-state index contributed by atoms with van der Waals surface area (Å²) in [6.07, 6.45) is 1.95. The maximum Gasteiger partial charge on any atom is 0.200 e. The largest absolute Gasteiger partial charge is 0.288 e. The highest BCUT2D eigenvalue weighted by Crippen LogP contribution is 2.41. The summed E-state index contributed by atoms with van der Waals surface area (Å²) in [6.45, 7) is 2.01. The summed E-state index contributed by atoms with van der Waals surface area (Å²) in [5.41, 5.74) is 2.99. The number of ketones is 1. The minimum absolute atomic E-state index is 0.131. The first-order valence-corrected chi connectivity index (χ1v) is 7.55. The van der Waals surface area contributed by atoms with Crippen LogP contribution in [0.15, 0.2) is 56.7 Å². The van der Waals surface area contributed by atoms with Crippen LogP contribution in [0.25, 0.3) is 6.08 Å². The zero-order valence-corrected chi connectivity index (χ0v) is 12.7. The van der Waals surface area contributed by atoms with Crippen molar-refractivity contribution in [2.45, 2.75) is 11.8 Å². The third-order valence-corrected chi connectivity index (χ3v) is 4.62. The van der Waals surface area contributed by atoms with Crippen LogP contribution in [0, 0.1) is 6.92 Å². The second kappa shape index (κ2) is 4.99. The molecular weight excluding hydrogens is 320 g/mol. The molecule has 94 valence electrons. The molecule has 0 N–H and O–H groups in total. The second-order valence-electron chi connectivity index (χ2n) is 4.49. The van der Waals surface area contributed by atoms with E-state index in [0.29, 0.717) is 0 Å². The molecule has 2 aromatic carbocycles. The molecule has 1 nitrogen and oxygen atoms in total. The lowest BCUT2D eigenvalue weighted by Gasteiger charge is -1.96. The molecule has 0 amide bonds. The van der Waals surface area contributed by atoms with E-state index in [4.69, 9.17) is 0 Å². The van der Waals surface area contributed by atoms with Gasteiger partial charge in [0, 0.05) is 14.9 Å².